The molecular weight excluding hydrogens is 356 g/mol. The van der Waals surface area contributed by atoms with Gasteiger partial charge in [0, 0.05) is 0 Å². The highest BCUT2D eigenvalue weighted by atomic mass is 16.9. The maximum Gasteiger partial charge on any atom is 0.415 e. The minimum atomic E-state index is -1.47. The molecule has 0 aliphatic carbocycles. The summed E-state index contributed by atoms with van der Waals surface area (Å²) >= 11 is 0. The summed E-state index contributed by atoms with van der Waals surface area (Å²) in [7, 11) is 0. The van der Waals surface area contributed by atoms with Gasteiger partial charge >= 0.3 is 6.48 Å². The Hall–Kier alpha value is -2.82. The van der Waals surface area contributed by atoms with Crippen molar-refractivity contribution in [2.24, 2.45) is 10.6 Å². The highest BCUT2D eigenvalue weighted by molar-refractivity contribution is 5.13. The fourth-order valence-corrected chi connectivity index (χ4v) is 2.01. The molecule has 1 aromatic rings. The second-order valence-electron chi connectivity index (χ2n) is 5.24. The van der Waals surface area contributed by atoms with Crippen molar-refractivity contribution in [2.45, 2.75) is 40.8 Å². The van der Waals surface area contributed by atoms with Gasteiger partial charge in [-0.15, -0.1) is 10.0 Å². The topological polar surface area (TPSA) is 111 Å². The Balaban J connectivity index is 2.78. The van der Waals surface area contributed by atoms with E-state index in [4.69, 9.17) is 14.4 Å². The first kappa shape index (κ1) is 22.2. The number of hydrogen-bond acceptors (Lipinski definition) is 7. The lowest BCUT2D eigenvalue weighted by Gasteiger charge is -2.16. The third kappa shape index (κ3) is 7.94. The van der Waals surface area contributed by atoms with E-state index < -0.39 is 6.48 Å². The number of benzene rings is 1. The molecule has 1 rings (SSSR count). The maximum atomic E-state index is 11.9. The highest BCUT2D eigenvalue weighted by Gasteiger charge is 2.18. The highest BCUT2D eigenvalue weighted by Crippen LogP contribution is 2.07. The average molecular weight is 384 g/mol. The first-order chi connectivity index (χ1) is 13.0. The van der Waals surface area contributed by atoms with Gasteiger partial charge in [0.2, 0.25) is 10.6 Å². The smallest absolute Gasteiger partial charge is 0.415 e. The molecule has 0 spiro atoms. The van der Waals surface area contributed by atoms with Crippen molar-refractivity contribution in [1.29, 1.82) is 0 Å². The second-order valence-corrected chi connectivity index (χ2v) is 5.24. The van der Waals surface area contributed by atoms with Crippen LogP contribution in [0.5, 0.6) is 0 Å². The van der Waals surface area contributed by atoms with Crippen LogP contribution in [0.1, 0.15) is 33.3 Å². The van der Waals surface area contributed by atoms with E-state index in [0.29, 0.717) is 36.1 Å². The van der Waals surface area contributed by atoms with Crippen molar-refractivity contribution in [2.75, 3.05) is 26.2 Å². The third-order valence-corrected chi connectivity index (χ3v) is 3.58. The molecule has 0 aromatic heterocycles. The molecule has 27 heavy (non-hydrogen) atoms. The van der Waals surface area contributed by atoms with E-state index in [2.05, 4.69) is 10.6 Å². The number of hydrogen-bond donors (Lipinski definition) is 0. The monoisotopic (exact) mass is 384 g/mol. The van der Waals surface area contributed by atoms with E-state index in [0.717, 1.165) is 5.56 Å². The summed E-state index contributed by atoms with van der Waals surface area (Å²) in [5, 5.41) is 33.3. The van der Waals surface area contributed by atoms with Crippen LogP contribution in [-0.2, 0) is 21.0 Å². The van der Waals surface area contributed by atoms with Crippen LogP contribution in [0.25, 0.3) is 0 Å². The van der Waals surface area contributed by atoms with Crippen LogP contribution in [0, 0.1) is 10.4 Å². The molecule has 152 valence electrons. The van der Waals surface area contributed by atoms with Gasteiger partial charge in [0.05, 0.1) is 42.7 Å². The first-order valence-electron chi connectivity index (χ1n) is 8.88. The zero-order chi connectivity index (χ0) is 20.1. The lowest BCUT2D eigenvalue weighted by Crippen LogP contribution is -2.32. The number of ether oxygens (including phenoxy) is 1. The normalized spacial score (nSPS) is 13.2. The van der Waals surface area contributed by atoms with E-state index in [1.807, 2.05) is 30.3 Å². The fourth-order valence-electron chi connectivity index (χ4n) is 2.01. The third-order valence-electron chi connectivity index (χ3n) is 3.58. The Morgan fingerprint density at radius 1 is 0.852 bits per heavy atom. The van der Waals surface area contributed by atoms with Crippen molar-refractivity contribution in [3.63, 3.8) is 0 Å². The molecule has 11 nitrogen and oxygen atoms in total. The van der Waals surface area contributed by atoms with Gasteiger partial charge < -0.3 is 15.2 Å². The van der Waals surface area contributed by atoms with Gasteiger partial charge in [-0.25, -0.2) is 0 Å². The Labute approximate surface area is 159 Å². The number of rotatable bonds is 13. The van der Waals surface area contributed by atoms with E-state index in [1.54, 1.807) is 27.7 Å². The number of nitrogens with zero attached hydrogens (tertiary/aromatic N) is 6. The van der Waals surface area contributed by atoms with Crippen molar-refractivity contribution in [1.82, 2.24) is 10.0 Å². The summed E-state index contributed by atoms with van der Waals surface area (Å²) in [6, 6.07) is 9.26. The Morgan fingerprint density at radius 2 is 1.30 bits per heavy atom. The Bertz CT molecular complexity index is 548. The molecule has 0 bridgehead atoms. The Kier molecular flexibility index (Phi) is 10.3. The first-order valence-corrected chi connectivity index (χ1v) is 8.88. The van der Waals surface area contributed by atoms with E-state index in [1.165, 1.54) is 10.0 Å². The van der Waals surface area contributed by atoms with Crippen LogP contribution in [-0.4, -0.2) is 52.6 Å². The summed E-state index contributed by atoms with van der Waals surface area (Å²) in [5.41, 5.74) is 0.847. The summed E-state index contributed by atoms with van der Waals surface area (Å²) < 4.78 is 5.42. The largest absolute Gasteiger partial charge is 0.569 e. The Morgan fingerprint density at radius 3 is 1.70 bits per heavy atom. The predicted molar refractivity (Wildman–Crippen MR) is 95.1 cm³/mol. The minimum Gasteiger partial charge on any atom is -0.569 e. The summed E-state index contributed by atoms with van der Waals surface area (Å²) in [5.74, 6) is 0. The quantitative estimate of drug-likeness (QED) is 0.222. The molecule has 0 saturated carbocycles. The summed E-state index contributed by atoms with van der Waals surface area (Å²) in [6.45, 7) is 7.66. The van der Waals surface area contributed by atoms with Crippen LogP contribution in [0.3, 0.4) is 0 Å². The van der Waals surface area contributed by atoms with Crippen molar-refractivity contribution >= 4 is 0 Å². The van der Waals surface area contributed by atoms with Crippen molar-refractivity contribution < 1.29 is 24.4 Å². The van der Waals surface area contributed by atoms with Gasteiger partial charge in [-0.1, -0.05) is 30.3 Å². The molecule has 0 atom stereocenters. The van der Waals surface area contributed by atoms with Gasteiger partial charge in [0.25, 0.3) is 0 Å². The van der Waals surface area contributed by atoms with Crippen LogP contribution >= 0.6 is 0 Å². The molecule has 0 aliphatic heterocycles. The molecule has 0 amide bonds. The van der Waals surface area contributed by atoms with Crippen LogP contribution < -0.4 is 0 Å². The lowest BCUT2D eigenvalue weighted by atomic mass is 10.2. The van der Waals surface area contributed by atoms with Gasteiger partial charge in [0.15, 0.2) is 0 Å². The maximum absolute atomic E-state index is 11.9. The van der Waals surface area contributed by atoms with Crippen LogP contribution in [0.15, 0.2) is 40.9 Å². The van der Waals surface area contributed by atoms with Crippen molar-refractivity contribution in [3.05, 3.63) is 46.3 Å². The standard InChI is InChI=1S/C16H28N6O5/c1-5-19(6-2)21(23)17-26-16(25-14-15-12-10-9-11-13-15)27-18-22(24)20(7-3)8-4/h9-13,16H,5-8,14H2,1-4H3. The van der Waals surface area contributed by atoms with E-state index in [9.17, 15) is 10.4 Å². The molecular formula is C16H28N6O5. The lowest BCUT2D eigenvalue weighted by molar-refractivity contribution is -0.724. The summed E-state index contributed by atoms with van der Waals surface area (Å²) in [4.78, 5) is 10.6. The summed E-state index contributed by atoms with van der Waals surface area (Å²) in [6.07, 6.45) is 0. The molecule has 0 radical (unpaired) electrons. The fraction of sp³-hybridized carbons (Fsp3) is 0.625. The van der Waals surface area contributed by atoms with Crippen molar-refractivity contribution in [3.8, 4) is 0 Å². The van der Waals surface area contributed by atoms with E-state index >= 15 is 0 Å². The molecule has 0 saturated heterocycles. The SMILES string of the molecule is CCN(CC)[N+]([O-])=NOC(OCc1ccccc1)ON=[N+]([O-])N(CC)CC. The molecule has 0 fully saturated rings. The number of hydrazine groups is 2. The van der Waals surface area contributed by atoms with Gasteiger partial charge in [-0.05, 0) is 33.3 Å². The predicted octanol–water partition coefficient (Wildman–Crippen LogP) is 2.79. The zero-order valence-electron chi connectivity index (χ0n) is 16.2. The van der Waals surface area contributed by atoms with E-state index in [-0.39, 0.29) is 6.61 Å². The molecule has 0 unspecified atom stereocenters. The molecule has 0 N–H and O–H groups in total. The van der Waals surface area contributed by atoms with Gasteiger partial charge in [-0.3, -0.25) is 9.68 Å². The van der Waals surface area contributed by atoms with Gasteiger partial charge in [0.1, 0.15) is 0 Å². The molecule has 0 aliphatic rings. The van der Waals surface area contributed by atoms with Gasteiger partial charge in [-0.2, -0.15) is 0 Å². The average Bonchev–Trinajstić information content (AvgIpc) is 2.70. The van der Waals surface area contributed by atoms with Crippen LogP contribution in [0.2, 0.25) is 0 Å². The molecule has 11 heteroatoms. The molecule has 1 aromatic carbocycles. The molecule has 0 heterocycles. The second kappa shape index (κ2) is 12.5. The zero-order valence-corrected chi connectivity index (χ0v) is 16.2. The van der Waals surface area contributed by atoms with Crippen LogP contribution in [0.4, 0.5) is 0 Å². The minimum absolute atomic E-state index is 0.116.